The number of nitrogens with zero attached hydrogens (tertiary/aromatic N) is 5. The largest absolute Gasteiger partial charge is 0.487 e. The van der Waals surface area contributed by atoms with Crippen molar-refractivity contribution in [3.8, 4) is 5.75 Å². The lowest BCUT2D eigenvalue weighted by molar-refractivity contribution is -0.120. The number of carbonyl (C=O) groups excluding carboxylic acids is 1. The van der Waals surface area contributed by atoms with Crippen molar-refractivity contribution in [3.05, 3.63) is 78.8 Å². The van der Waals surface area contributed by atoms with Crippen LogP contribution in [0.3, 0.4) is 0 Å². The SMILES string of the molecule is CN(C)[C@@H](C(=O)Nc1ccc(OCc2cn3ccccc3n2)cc1)c1cncn1C. The summed E-state index contributed by atoms with van der Waals surface area (Å²) in [4.78, 5) is 23.3. The molecule has 30 heavy (non-hydrogen) atoms. The molecule has 3 aromatic heterocycles. The van der Waals surface area contributed by atoms with E-state index in [1.54, 1.807) is 12.5 Å². The van der Waals surface area contributed by atoms with Gasteiger partial charge >= 0.3 is 0 Å². The molecule has 0 radical (unpaired) electrons. The molecule has 4 aromatic rings. The van der Waals surface area contributed by atoms with Crippen molar-refractivity contribution in [2.45, 2.75) is 12.6 Å². The summed E-state index contributed by atoms with van der Waals surface area (Å²) in [6, 6.07) is 12.7. The van der Waals surface area contributed by atoms with E-state index < -0.39 is 6.04 Å². The molecular weight excluding hydrogens is 380 g/mol. The Kier molecular flexibility index (Phi) is 5.49. The van der Waals surface area contributed by atoms with Gasteiger partial charge in [-0.1, -0.05) is 6.07 Å². The number of likely N-dealkylation sites (N-methyl/N-ethyl adjacent to an activating group) is 1. The smallest absolute Gasteiger partial charge is 0.247 e. The highest BCUT2D eigenvalue weighted by Gasteiger charge is 2.25. The number of amides is 1. The number of benzene rings is 1. The van der Waals surface area contributed by atoms with Crippen LogP contribution in [0.25, 0.3) is 5.65 Å². The van der Waals surface area contributed by atoms with Gasteiger partial charge < -0.3 is 19.0 Å². The zero-order valence-electron chi connectivity index (χ0n) is 17.2. The number of ether oxygens (including phenoxy) is 1. The molecule has 0 aliphatic heterocycles. The van der Waals surface area contributed by atoms with Crippen LogP contribution < -0.4 is 10.1 Å². The fourth-order valence-electron chi connectivity index (χ4n) is 3.32. The lowest BCUT2D eigenvalue weighted by Crippen LogP contribution is -2.33. The molecule has 1 atom stereocenters. The molecule has 8 nitrogen and oxygen atoms in total. The molecule has 0 bridgehead atoms. The molecule has 0 aliphatic carbocycles. The average molecular weight is 404 g/mol. The Morgan fingerprint density at radius 2 is 2.00 bits per heavy atom. The minimum absolute atomic E-state index is 0.123. The van der Waals surface area contributed by atoms with E-state index >= 15 is 0 Å². The van der Waals surface area contributed by atoms with E-state index in [9.17, 15) is 4.79 Å². The van der Waals surface area contributed by atoms with Crippen molar-refractivity contribution in [1.29, 1.82) is 0 Å². The van der Waals surface area contributed by atoms with Gasteiger partial charge in [-0.15, -0.1) is 0 Å². The van der Waals surface area contributed by atoms with Gasteiger partial charge in [0.2, 0.25) is 5.91 Å². The Labute approximate surface area is 174 Å². The maximum Gasteiger partial charge on any atom is 0.247 e. The maximum atomic E-state index is 12.8. The van der Waals surface area contributed by atoms with Gasteiger partial charge in [0.05, 0.1) is 23.9 Å². The summed E-state index contributed by atoms with van der Waals surface area (Å²) >= 11 is 0. The lowest BCUT2D eigenvalue weighted by Gasteiger charge is -2.23. The Hall–Kier alpha value is -3.65. The number of rotatable bonds is 7. The summed E-state index contributed by atoms with van der Waals surface area (Å²) in [5, 5.41) is 2.96. The third kappa shape index (κ3) is 4.18. The molecule has 0 unspecified atom stereocenters. The summed E-state index contributed by atoms with van der Waals surface area (Å²) in [7, 11) is 5.61. The second-order valence-electron chi connectivity index (χ2n) is 7.30. The molecule has 4 rings (SSSR count). The number of fused-ring (bicyclic) bond motifs is 1. The van der Waals surface area contributed by atoms with Gasteiger partial charge in [-0.25, -0.2) is 9.97 Å². The maximum absolute atomic E-state index is 12.8. The second-order valence-corrected chi connectivity index (χ2v) is 7.30. The number of pyridine rings is 1. The topological polar surface area (TPSA) is 76.7 Å². The number of nitrogens with one attached hydrogen (secondary N) is 1. The van der Waals surface area contributed by atoms with Crippen molar-refractivity contribution in [2.24, 2.45) is 7.05 Å². The van der Waals surface area contributed by atoms with Crippen LogP contribution in [0.15, 0.2) is 67.4 Å². The fourth-order valence-corrected chi connectivity index (χ4v) is 3.32. The number of anilines is 1. The Bertz CT molecular complexity index is 1110. The highest BCUT2D eigenvalue weighted by atomic mass is 16.5. The van der Waals surface area contributed by atoms with E-state index in [2.05, 4.69) is 15.3 Å². The minimum Gasteiger partial charge on any atom is -0.487 e. The summed E-state index contributed by atoms with van der Waals surface area (Å²) in [5.74, 6) is 0.586. The van der Waals surface area contributed by atoms with Crippen LogP contribution in [0.4, 0.5) is 5.69 Å². The molecule has 1 amide bonds. The Balaban J connectivity index is 1.39. The number of aromatic nitrogens is 4. The molecule has 0 saturated carbocycles. The molecule has 0 aliphatic rings. The molecular formula is C22H24N6O2. The highest BCUT2D eigenvalue weighted by molar-refractivity contribution is 5.95. The monoisotopic (exact) mass is 404 g/mol. The van der Waals surface area contributed by atoms with E-state index in [1.807, 2.05) is 89.9 Å². The van der Waals surface area contributed by atoms with Gasteiger partial charge in [0.1, 0.15) is 24.0 Å². The van der Waals surface area contributed by atoms with Crippen LogP contribution >= 0.6 is 0 Å². The first-order chi connectivity index (χ1) is 14.5. The van der Waals surface area contributed by atoms with E-state index in [0.717, 1.165) is 17.0 Å². The summed E-state index contributed by atoms with van der Waals surface area (Å²) in [6.45, 7) is 0.372. The summed E-state index contributed by atoms with van der Waals surface area (Å²) in [6.07, 6.45) is 7.30. The van der Waals surface area contributed by atoms with Crippen LogP contribution in [0.1, 0.15) is 17.4 Å². The summed E-state index contributed by atoms with van der Waals surface area (Å²) in [5.41, 5.74) is 3.26. The number of carbonyl (C=O) groups is 1. The van der Waals surface area contributed by atoms with Crippen LogP contribution in [0, 0.1) is 0 Å². The first-order valence-corrected chi connectivity index (χ1v) is 9.60. The normalized spacial score (nSPS) is 12.3. The number of hydrogen-bond acceptors (Lipinski definition) is 5. The standard InChI is InChI=1S/C22H24N6O2/c1-26(2)21(19-12-23-15-27(19)3)22(29)25-16-7-9-18(10-8-16)30-14-17-13-28-11-5-4-6-20(28)24-17/h4-13,15,21H,14H2,1-3H3,(H,25,29)/t21-/m1/s1. The lowest BCUT2D eigenvalue weighted by atomic mass is 10.1. The number of hydrogen-bond donors (Lipinski definition) is 1. The van der Waals surface area contributed by atoms with Crippen LogP contribution in [0.5, 0.6) is 5.75 Å². The number of aryl methyl sites for hydroxylation is 1. The Morgan fingerprint density at radius 3 is 2.67 bits per heavy atom. The third-order valence-corrected chi connectivity index (χ3v) is 4.82. The summed E-state index contributed by atoms with van der Waals surface area (Å²) < 4.78 is 9.64. The van der Waals surface area contributed by atoms with Gasteiger partial charge in [0, 0.05) is 25.1 Å². The van der Waals surface area contributed by atoms with Crippen molar-refractivity contribution in [2.75, 3.05) is 19.4 Å². The second kappa shape index (κ2) is 8.38. The van der Waals surface area contributed by atoms with Gasteiger partial charge in [0.15, 0.2) is 0 Å². The zero-order chi connectivity index (χ0) is 21.1. The fraction of sp³-hybridized carbons (Fsp3) is 0.227. The zero-order valence-corrected chi connectivity index (χ0v) is 17.2. The van der Waals surface area contributed by atoms with Gasteiger partial charge in [0.25, 0.3) is 0 Å². The van der Waals surface area contributed by atoms with Crippen molar-refractivity contribution in [1.82, 2.24) is 23.8 Å². The van der Waals surface area contributed by atoms with Gasteiger partial charge in [-0.2, -0.15) is 0 Å². The van der Waals surface area contributed by atoms with Gasteiger partial charge in [-0.05, 0) is 50.5 Å². The van der Waals surface area contributed by atoms with E-state index in [4.69, 9.17) is 4.74 Å². The van der Waals surface area contributed by atoms with Crippen LogP contribution in [-0.4, -0.2) is 43.8 Å². The predicted octanol–water partition coefficient (Wildman–Crippen LogP) is 2.89. The van der Waals surface area contributed by atoms with Crippen molar-refractivity contribution in [3.63, 3.8) is 0 Å². The van der Waals surface area contributed by atoms with Crippen LogP contribution in [0.2, 0.25) is 0 Å². The van der Waals surface area contributed by atoms with Crippen molar-refractivity contribution < 1.29 is 9.53 Å². The molecule has 0 spiro atoms. The molecule has 3 heterocycles. The first kappa shape index (κ1) is 19.7. The molecule has 154 valence electrons. The molecule has 1 N–H and O–H groups in total. The molecule has 0 fully saturated rings. The molecule has 1 aromatic carbocycles. The Morgan fingerprint density at radius 1 is 1.20 bits per heavy atom. The number of imidazole rings is 2. The van der Waals surface area contributed by atoms with E-state index in [0.29, 0.717) is 18.0 Å². The van der Waals surface area contributed by atoms with E-state index in [-0.39, 0.29) is 5.91 Å². The first-order valence-electron chi connectivity index (χ1n) is 9.60. The van der Waals surface area contributed by atoms with E-state index in [1.165, 1.54) is 0 Å². The third-order valence-electron chi connectivity index (χ3n) is 4.82. The predicted molar refractivity (Wildman–Crippen MR) is 114 cm³/mol. The van der Waals surface area contributed by atoms with Crippen LogP contribution in [-0.2, 0) is 18.4 Å². The minimum atomic E-state index is -0.441. The quantitative estimate of drug-likeness (QED) is 0.513. The van der Waals surface area contributed by atoms with Crippen molar-refractivity contribution >= 4 is 17.2 Å². The highest BCUT2D eigenvalue weighted by Crippen LogP contribution is 2.22. The van der Waals surface area contributed by atoms with Gasteiger partial charge in [-0.3, -0.25) is 9.69 Å². The molecule has 0 saturated heterocycles. The average Bonchev–Trinajstić information content (AvgIpc) is 3.33. The molecule has 8 heteroatoms.